The predicted octanol–water partition coefficient (Wildman–Crippen LogP) is 3.43. The Kier molecular flexibility index (Phi) is 7.92. The van der Waals surface area contributed by atoms with Crippen molar-refractivity contribution < 1.29 is 9.00 Å². The monoisotopic (exact) mass is 313 g/mol. The molecular weight excluding hydrogens is 290 g/mol. The van der Waals surface area contributed by atoms with E-state index >= 15 is 0 Å². The Hall–Kier alpha value is -0.810. The smallest absolute Gasteiger partial charge is 0.237 e. The van der Waals surface area contributed by atoms with Crippen molar-refractivity contribution in [1.29, 1.82) is 0 Å². The van der Waals surface area contributed by atoms with E-state index in [1.165, 1.54) is 0 Å². The maximum absolute atomic E-state index is 12.0. The van der Waals surface area contributed by atoms with E-state index < -0.39 is 10.8 Å². The van der Waals surface area contributed by atoms with Crippen LogP contribution in [0.2, 0.25) is 0 Å². The summed E-state index contributed by atoms with van der Waals surface area (Å²) in [6, 6.07) is 7.56. The normalized spacial score (nSPS) is 13.8. The van der Waals surface area contributed by atoms with Crippen molar-refractivity contribution in [3.63, 3.8) is 0 Å². The number of unbranched alkanes of at least 4 members (excludes halogenated alkanes) is 1. The molecule has 0 aliphatic heterocycles. The van der Waals surface area contributed by atoms with Crippen LogP contribution >= 0.6 is 11.8 Å². The van der Waals surface area contributed by atoms with E-state index in [0.29, 0.717) is 5.75 Å². The first kappa shape index (κ1) is 17.2. The van der Waals surface area contributed by atoms with Crippen molar-refractivity contribution >= 4 is 34.2 Å². The summed E-state index contributed by atoms with van der Waals surface area (Å²) in [5, 5.41) is 2.87. The molecule has 1 amide bonds. The van der Waals surface area contributed by atoms with Crippen molar-refractivity contribution in [1.82, 2.24) is 0 Å². The van der Waals surface area contributed by atoms with Gasteiger partial charge in [0.2, 0.25) is 5.91 Å². The Morgan fingerprint density at radius 2 is 2.20 bits per heavy atom. The van der Waals surface area contributed by atoms with E-state index in [4.69, 9.17) is 0 Å². The van der Waals surface area contributed by atoms with Gasteiger partial charge in [-0.25, -0.2) is 0 Å². The van der Waals surface area contributed by atoms with Crippen LogP contribution < -0.4 is 5.32 Å². The van der Waals surface area contributed by atoms with E-state index in [2.05, 4.69) is 12.2 Å². The highest BCUT2D eigenvalue weighted by Gasteiger charge is 2.13. The first-order chi connectivity index (χ1) is 9.52. The molecule has 0 aliphatic rings. The van der Waals surface area contributed by atoms with Crippen molar-refractivity contribution in [3.8, 4) is 0 Å². The predicted molar refractivity (Wildman–Crippen MR) is 89.7 cm³/mol. The standard InChI is InChI=1S/C15H23NO2S2/c1-4-5-9-19-12(2)15(17)16-14-8-6-7-13(10-14)11-20(3)18/h6-8,10,12H,4-5,9,11H2,1-3H3,(H,16,17). The number of benzene rings is 1. The van der Waals surface area contributed by atoms with Crippen molar-refractivity contribution in [3.05, 3.63) is 29.8 Å². The van der Waals surface area contributed by atoms with Gasteiger partial charge in [0, 0.05) is 28.5 Å². The number of carbonyl (C=O) groups excluding carboxylic acids is 1. The van der Waals surface area contributed by atoms with Gasteiger partial charge in [-0.3, -0.25) is 9.00 Å². The Labute approximate surface area is 128 Å². The Morgan fingerprint density at radius 3 is 2.85 bits per heavy atom. The molecule has 0 bridgehead atoms. The molecule has 0 fully saturated rings. The molecule has 0 saturated carbocycles. The fourth-order valence-electron chi connectivity index (χ4n) is 1.70. The summed E-state index contributed by atoms with van der Waals surface area (Å²) in [6.07, 6.45) is 3.97. The average Bonchev–Trinajstić information content (AvgIpc) is 2.38. The average molecular weight is 313 g/mol. The minimum Gasteiger partial charge on any atom is -0.325 e. The fourth-order valence-corrected chi connectivity index (χ4v) is 3.37. The molecule has 2 unspecified atom stereocenters. The molecular formula is C15H23NO2S2. The molecule has 112 valence electrons. The van der Waals surface area contributed by atoms with Gasteiger partial charge in [-0.05, 0) is 36.8 Å². The molecule has 0 aliphatic carbocycles. The van der Waals surface area contributed by atoms with Gasteiger partial charge in [-0.1, -0.05) is 25.5 Å². The fraction of sp³-hybridized carbons (Fsp3) is 0.533. The second-order valence-electron chi connectivity index (χ2n) is 4.77. The third kappa shape index (κ3) is 6.57. The van der Waals surface area contributed by atoms with Crippen LogP contribution in [0.1, 0.15) is 32.3 Å². The number of thioether (sulfide) groups is 1. The molecule has 0 saturated heterocycles. The van der Waals surface area contributed by atoms with Crippen LogP contribution in [-0.4, -0.2) is 27.4 Å². The van der Waals surface area contributed by atoms with Gasteiger partial charge in [0.05, 0.1) is 5.25 Å². The van der Waals surface area contributed by atoms with Crippen molar-refractivity contribution in [2.75, 3.05) is 17.3 Å². The van der Waals surface area contributed by atoms with Crippen molar-refractivity contribution in [2.24, 2.45) is 0 Å². The number of carbonyl (C=O) groups is 1. The van der Waals surface area contributed by atoms with Gasteiger partial charge in [0.15, 0.2) is 0 Å². The van der Waals surface area contributed by atoms with Gasteiger partial charge >= 0.3 is 0 Å². The number of rotatable bonds is 8. The lowest BCUT2D eigenvalue weighted by Crippen LogP contribution is -2.22. The SMILES string of the molecule is CCCCSC(C)C(=O)Nc1cccc(CS(C)=O)c1. The first-order valence-electron chi connectivity index (χ1n) is 6.84. The van der Waals surface area contributed by atoms with E-state index in [0.717, 1.165) is 29.8 Å². The minimum atomic E-state index is -0.869. The number of amides is 1. The molecule has 1 N–H and O–H groups in total. The lowest BCUT2D eigenvalue weighted by molar-refractivity contribution is -0.115. The number of nitrogens with one attached hydrogen (secondary N) is 1. The van der Waals surface area contributed by atoms with E-state index in [1.807, 2.05) is 31.2 Å². The largest absolute Gasteiger partial charge is 0.325 e. The summed E-state index contributed by atoms with van der Waals surface area (Å²) in [4.78, 5) is 12.0. The maximum Gasteiger partial charge on any atom is 0.237 e. The van der Waals surface area contributed by atoms with Crippen LogP contribution in [0, 0.1) is 0 Å². The van der Waals surface area contributed by atoms with Gasteiger partial charge in [-0.2, -0.15) is 0 Å². The molecule has 1 aromatic carbocycles. The molecule has 3 nitrogen and oxygen atoms in total. The number of anilines is 1. The molecule has 0 radical (unpaired) electrons. The Bertz CT molecular complexity index is 463. The first-order valence-corrected chi connectivity index (χ1v) is 9.62. The summed E-state index contributed by atoms with van der Waals surface area (Å²) in [7, 11) is -0.869. The zero-order valence-electron chi connectivity index (χ0n) is 12.3. The topological polar surface area (TPSA) is 46.2 Å². The molecule has 20 heavy (non-hydrogen) atoms. The summed E-state index contributed by atoms with van der Waals surface area (Å²) in [6.45, 7) is 4.08. The van der Waals surface area contributed by atoms with Crippen LogP contribution in [0.4, 0.5) is 5.69 Å². The zero-order chi connectivity index (χ0) is 15.0. The Balaban J connectivity index is 2.54. The zero-order valence-corrected chi connectivity index (χ0v) is 14.0. The summed E-state index contributed by atoms with van der Waals surface area (Å²) >= 11 is 1.68. The second kappa shape index (κ2) is 9.19. The summed E-state index contributed by atoms with van der Waals surface area (Å²) in [5.41, 5.74) is 1.76. The lowest BCUT2D eigenvalue weighted by atomic mass is 10.2. The Morgan fingerprint density at radius 1 is 1.45 bits per heavy atom. The quantitative estimate of drug-likeness (QED) is 0.748. The number of hydrogen-bond acceptors (Lipinski definition) is 3. The third-order valence-electron chi connectivity index (χ3n) is 2.80. The highest BCUT2D eigenvalue weighted by molar-refractivity contribution is 8.00. The van der Waals surface area contributed by atoms with Crippen LogP contribution in [0.5, 0.6) is 0 Å². The highest BCUT2D eigenvalue weighted by atomic mass is 32.2. The molecule has 0 aromatic heterocycles. The van der Waals surface area contributed by atoms with E-state index in [9.17, 15) is 9.00 Å². The number of hydrogen-bond donors (Lipinski definition) is 1. The van der Waals surface area contributed by atoms with Crippen LogP contribution in [0.15, 0.2) is 24.3 Å². The molecule has 1 rings (SSSR count). The lowest BCUT2D eigenvalue weighted by Gasteiger charge is -2.12. The molecule has 1 aromatic rings. The van der Waals surface area contributed by atoms with Crippen LogP contribution in [0.25, 0.3) is 0 Å². The highest BCUT2D eigenvalue weighted by Crippen LogP contribution is 2.17. The van der Waals surface area contributed by atoms with E-state index in [-0.39, 0.29) is 11.2 Å². The van der Waals surface area contributed by atoms with Crippen LogP contribution in [-0.2, 0) is 21.3 Å². The molecule has 0 heterocycles. The van der Waals surface area contributed by atoms with Gasteiger partial charge in [-0.15, -0.1) is 11.8 Å². The minimum absolute atomic E-state index is 0.0286. The molecule has 5 heteroatoms. The van der Waals surface area contributed by atoms with Gasteiger partial charge in [0.25, 0.3) is 0 Å². The van der Waals surface area contributed by atoms with Crippen LogP contribution in [0.3, 0.4) is 0 Å². The van der Waals surface area contributed by atoms with Crippen molar-refractivity contribution in [2.45, 2.75) is 37.7 Å². The second-order valence-corrected chi connectivity index (χ2v) is 7.66. The molecule has 0 spiro atoms. The summed E-state index contributed by atoms with van der Waals surface area (Å²) < 4.78 is 11.2. The molecule has 2 atom stereocenters. The van der Waals surface area contributed by atoms with Gasteiger partial charge in [0.1, 0.15) is 0 Å². The maximum atomic E-state index is 12.0. The van der Waals surface area contributed by atoms with E-state index in [1.54, 1.807) is 18.0 Å². The summed E-state index contributed by atoms with van der Waals surface area (Å²) in [5.74, 6) is 1.56. The third-order valence-corrected chi connectivity index (χ3v) is 4.78. The van der Waals surface area contributed by atoms with Gasteiger partial charge < -0.3 is 5.32 Å².